The van der Waals surface area contributed by atoms with Crippen molar-refractivity contribution < 1.29 is 9.59 Å². The van der Waals surface area contributed by atoms with Crippen LogP contribution in [-0.2, 0) is 4.79 Å². The van der Waals surface area contributed by atoms with Crippen molar-refractivity contribution in [2.24, 2.45) is 0 Å². The number of rotatable bonds is 5. The highest BCUT2D eigenvalue weighted by Crippen LogP contribution is 2.39. The molecule has 2 aromatic carbocycles. The van der Waals surface area contributed by atoms with Gasteiger partial charge in [-0.15, -0.1) is 0 Å². The molecule has 2 amide bonds. The van der Waals surface area contributed by atoms with E-state index in [-0.39, 0.29) is 11.8 Å². The highest BCUT2D eigenvalue weighted by molar-refractivity contribution is 8.04. The zero-order valence-corrected chi connectivity index (χ0v) is 18.2. The minimum Gasteiger partial charge on any atom is -0.350 e. The van der Waals surface area contributed by atoms with E-state index in [0.29, 0.717) is 28.7 Å². The van der Waals surface area contributed by atoms with Crippen LogP contribution >= 0.6 is 11.8 Å². The molecule has 1 saturated heterocycles. The first-order chi connectivity index (χ1) is 14.5. The fraction of sp³-hybridized carbons (Fsp3) is 0.333. The molecule has 6 heteroatoms. The fourth-order valence-corrected chi connectivity index (χ4v) is 4.97. The molecule has 1 atom stereocenters. The second-order valence-electron chi connectivity index (χ2n) is 7.77. The van der Waals surface area contributed by atoms with E-state index >= 15 is 0 Å². The van der Waals surface area contributed by atoms with E-state index in [0.717, 1.165) is 35.5 Å². The predicted octanol–water partition coefficient (Wildman–Crippen LogP) is 4.29. The number of aryl methyl sites for hydroxylation is 1. The Hall–Kier alpha value is -2.57. The first kappa shape index (κ1) is 20.7. The molecule has 2 aliphatic heterocycles. The normalized spacial score (nSPS) is 20.1. The molecule has 2 N–H and O–H groups in total. The molecule has 5 nitrogen and oxygen atoms in total. The topological polar surface area (TPSA) is 61.4 Å². The number of benzene rings is 2. The number of likely N-dealkylation sites (N-methyl/N-ethyl adjacent to an activating group) is 1. The molecule has 2 heterocycles. The van der Waals surface area contributed by atoms with E-state index in [4.69, 9.17) is 0 Å². The molecule has 156 valence electrons. The lowest BCUT2D eigenvalue weighted by Gasteiger charge is -2.23. The summed E-state index contributed by atoms with van der Waals surface area (Å²) in [6.45, 7) is 6.97. The van der Waals surface area contributed by atoms with E-state index in [1.165, 1.54) is 18.2 Å². The first-order valence-electron chi connectivity index (χ1n) is 10.5. The third-order valence-electron chi connectivity index (χ3n) is 5.81. The summed E-state index contributed by atoms with van der Waals surface area (Å²) in [5.74, 6) is -0.237. The van der Waals surface area contributed by atoms with Crippen LogP contribution in [0, 0.1) is 6.92 Å². The quantitative estimate of drug-likeness (QED) is 0.707. The van der Waals surface area contributed by atoms with E-state index in [2.05, 4.69) is 22.5 Å². The van der Waals surface area contributed by atoms with Crippen molar-refractivity contribution in [1.29, 1.82) is 0 Å². The number of anilines is 1. The van der Waals surface area contributed by atoms with Crippen molar-refractivity contribution >= 4 is 35.3 Å². The van der Waals surface area contributed by atoms with Gasteiger partial charge in [0.25, 0.3) is 11.8 Å². The van der Waals surface area contributed by atoms with Gasteiger partial charge in [0.05, 0.1) is 10.6 Å². The third kappa shape index (κ3) is 4.45. The molecule has 1 unspecified atom stereocenters. The van der Waals surface area contributed by atoms with E-state index < -0.39 is 0 Å². The number of nitrogens with one attached hydrogen (secondary N) is 2. The summed E-state index contributed by atoms with van der Waals surface area (Å²) in [5, 5.41) is 6.00. The smallest absolute Gasteiger partial charge is 0.262 e. The van der Waals surface area contributed by atoms with E-state index in [1.54, 1.807) is 6.07 Å². The van der Waals surface area contributed by atoms with Gasteiger partial charge in [0.15, 0.2) is 0 Å². The molecule has 30 heavy (non-hydrogen) atoms. The molecular weight excluding hydrogens is 394 g/mol. The highest BCUT2D eigenvalue weighted by Gasteiger charge is 2.25. The molecule has 2 aromatic rings. The SMILES string of the molecule is CCN1CCCC1CNC(=O)c1ccc2c(c1)NC(=O)/C(=C/c1ccccc1C)S2. The van der Waals surface area contributed by atoms with Crippen LogP contribution in [0.4, 0.5) is 5.69 Å². The van der Waals surface area contributed by atoms with Crippen LogP contribution in [0.15, 0.2) is 52.3 Å². The van der Waals surface area contributed by atoms with Crippen molar-refractivity contribution in [1.82, 2.24) is 10.2 Å². The van der Waals surface area contributed by atoms with Crippen LogP contribution in [0.5, 0.6) is 0 Å². The zero-order valence-electron chi connectivity index (χ0n) is 17.4. The monoisotopic (exact) mass is 421 g/mol. The lowest BCUT2D eigenvalue weighted by molar-refractivity contribution is -0.112. The lowest BCUT2D eigenvalue weighted by Crippen LogP contribution is -2.40. The van der Waals surface area contributed by atoms with Gasteiger partial charge in [-0.25, -0.2) is 0 Å². The minimum atomic E-state index is -0.141. The maximum absolute atomic E-state index is 12.6. The van der Waals surface area contributed by atoms with Gasteiger partial charge in [0.2, 0.25) is 0 Å². The van der Waals surface area contributed by atoms with Crippen LogP contribution in [0.1, 0.15) is 41.3 Å². The van der Waals surface area contributed by atoms with Crippen molar-refractivity contribution in [2.45, 2.75) is 37.6 Å². The zero-order chi connectivity index (χ0) is 21.1. The van der Waals surface area contributed by atoms with Crippen LogP contribution in [0.2, 0.25) is 0 Å². The van der Waals surface area contributed by atoms with Crippen LogP contribution in [0.3, 0.4) is 0 Å². The number of fused-ring (bicyclic) bond motifs is 1. The van der Waals surface area contributed by atoms with Crippen LogP contribution < -0.4 is 10.6 Å². The summed E-state index contributed by atoms with van der Waals surface area (Å²) in [6.07, 6.45) is 4.23. The number of likely N-dealkylation sites (tertiary alicyclic amines) is 1. The van der Waals surface area contributed by atoms with E-state index in [9.17, 15) is 9.59 Å². The maximum Gasteiger partial charge on any atom is 0.262 e. The van der Waals surface area contributed by atoms with E-state index in [1.807, 2.05) is 49.4 Å². The molecule has 0 saturated carbocycles. The molecule has 1 fully saturated rings. The summed E-state index contributed by atoms with van der Waals surface area (Å²) < 4.78 is 0. The van der Waals surface area contributed by atoms with Crippen LogP contribution in [0.25, 0.3) is 6.08 Å². The highest BCUT2D eigenvalue weighted by atomic mass is 32.2. The van der Waals surface area contributed by atoms with Crippen molar-refractivity contribution in [3.63, 3.8) is 0 Å². The van der Waals surface area contributed by atoms with Gasteiger partial charge < -0.3 is 10.6 Å². The molecule has 2 aliphatic rings. The molecule has 4 rings (SSSR count). The van der Waals surface area contributed by atoms with Crippen molar-refractivity contribution in [3.05, 3.63) is 64.1 Å². The summed E-state index contributed by atoms with van der Waals surface area (Å²) >= 11 is 1.44. The number of hydrogen-bond donors (Lipinski definition) is 2. The molecule has 0 aliphatic carbocycles. The average Bonchev–Trinajstić information content (AvgIpc) is 3.21. The Labute approximate surface area is 181 Å². The van der Waals surface area contributed by atoms with Gasteiger partial charge in [-0.05, 0) is 68.3 Å². The van der Waals surface area contributed by atoms with Gasteiger partial charge >= 0.3 is 0 Å². The first-order valence-corrected chi connectivity index (χ1v) is 11.3. The Balaban J connectivity index is 1.46. The van der Waals surface area contributed by atoms with Crippen molar-refractivity contribution in [3.8, 4) is 0 Å². The number of carbonyl (C=O) groups is 2. The summed E-state index contributed by atoms with van der Waals surface area (Å²) in [7, 11) is 0. The summed E-state index contributed by atoms with van der Waals surface area (Å²) in [4.78, 5) is 29.3. The molecule has 0 spiro atoms. The average molecular weight is 422 g/mol. The molecule has 0 bridgehead atoms. The van der Waals surface area contributed by atoms with Gasteiger partial charge in [-0.3, -0.25) is 14.5 Å². The van der Waals surface area contributed by atoms with Gasteiger partial charge in [0.1, 0.15) is 0 Å². The number of hydrogen-bond acceptors (Lipinski definition) is 4. The summed E-state index contributed by atoms with van der Waals surface area (Å²) in [5.41, 5.74) is 3.42. The third-order valence-corrected chi connectivity index (χ3v) is 6.91. The summed E-state index contributed by atoms with van der Waals surface area (Å²) in [6, 6.07) is 13.9. The van der Waals surface area contributed by atoms with Crippen molar-refractivity contribution in [2.75, 3.05) is 25.0 Å². The lowest BCUT2D eigenvalue weighted by atomic mass is 10.1. The number of nitrogens with zero attached hydrogens (tertiary/aromatic N) is 1. The van der Waals surface area contributed by atoms with Gasteiger partial charge in [-0.1, -0.05) is 43.0 Å². The Kier molecular flexibility index (Phi) is 6.25. The Morgan fingerprint density at radius 1 is 1.30 bits per heavy atom. The van der Waals surface area contributed by atoms with Gasteiger partial charge in [0, 0.05) is 23.0 Å². The molecular formula is C24H27N3O2S. The Morgan fingerprint density at radius 3 is 2.93 bits per heavy atom. The number of thioether (sulfide) groups is 1. The minimum absolute atomic E-state index is 0.0961. The second-order valence-corrected chi connectivity index (χ2v) is 8.85. The largest absolute Gasteiger partial charge is 0.350 e. The van der Waals surface area contributed by atoms with Crippen LogP contribution in [-0.4, -0.2) is 42.4 Å². The molecule has 0 aromatic heterocycles. The predicted molar refractivity (Wildman–Crippen MR) is 123 cm³/mol. The number of carbonyl (C=O) groups excluding carboxylic acids is 2. The fourth-order valence-electron chi connectivity index (χ4n) is 4.05. The number of amides is 2. The molecule has 0 radical (unpaired) electrons. The maximum atomic E-state index is 12.6. The Morgan fingerprint density at radius 2 is 2.13 bits per heavy atom. The standard InChI is InChI=1S/C24H27N3O2S/c1-3-27-12-6-9-19(27)15-25-23(28)18-10-11-21-20(13-18)26-24(29)22(30-21)14-17-8-5-4-7-16(17)2/h4-5,7-8,10-11,13-14,19H,3,6,9,12,15H2,1-2H3,(H,25,28)(H,26,29)/b22-14-. The second kappa shape index (κ2) is 9.06. The van der Waals surface area contributed by atoms with Gasteiger partial charge in [-0.2, -0.15) is 0 Å². The Bertz CT molecular complexity index is 1000.